The molecule has 0 N–H and O–H groups in total. The first kappa shape index (κ1) is 31.6. The fraction of sp³-hybridized carbons (Fsp3) is 0.189. The van der Waals surface area contributed by atoms with Gasteiger partial charge in [0.05, 0.1) is 29.0 Å². The Hall–Kier alpha value is -6.04. The summed E-state index contributed by atoms with van der Waals surface area (Å²) < 4.78 is 17.3. The van der Waals surface area contributed by atoms with Gasteiger partial charge in [0.15, 0.2) is 0 Å². The summed E-state index contributed by atoms with van der Waals surface area (Å²) in [7, 11) is 1.34. The Balaban J connectivity index is 1.18. The smallest absolute Gasteiger partial charge is 0.412 e. The maximum absolute atomic E-state index is 13.9. The van der Waals surface area contributed by atoms with Crippen molar-refractivity contribution in [1.82, 2.24) is 9.55 Å². The Morgan fingerprint density at radius 3 is 2.37 bits per heavy atom. The summed E-state index contributed by atoms with van der Waals surface area (Å²) in [5, 5.41) is 5.19. The molecule has 49 heavy (non-hydrogen) atoms. The van der Waals surface area contributed by atoms with Gasteiger partial charge in [0.25, 0.3) is 18.5 Å². The molecule has 1 unspecified atom stereocenters. The summed E-state index contributed by atoms with van der Waals surface area (Å²) in [5.74, 6) is -0.672. The Morgan fingerprint density at radius 1 is 0.980 bits per heavy atom. The molecular formula is C37H29BN3O8. The van der Waals surface area contributed by atoms with E-state index < -0.39 is 18.2 Å². The Kier molecular flexibility index (Phi) is 8.52. The molecule has 12 heteroatoms. The first-order chi connectivity index (χ1) is 23.9. The van der Waals surface area contributed by atoms with Crippen molar-refractivity contribution in [2.45, 2.75) is 45.6 Å². The molecule has 2 aliphatic rings. The van der Waals surface area contributed by atoms with E-state index in [1.54, 1.807) is 29.7 Å². The van der Waals surface area contributed by atoms with Crippen molar-refractivity contribution in [3.8, 4) is 22.5 Å². The van der Waals surface area contributed by atoms with E-state index >= 15 is 0 Å². The van der Waals surface area contributed by atoms with Crippen molar-refractivity contribution in [3.05, 3.63) is 117 Å². The van der Waals surface area contributed by atoms with Crippen LogP contribution in [0.4, 0.5) is 0 Å². The lowest BCUT2D eigenvalue weighted by atomic mass is 9.87. The van der Waals surface area contributed by atoms with Gasteiger partial charge in [0.2, 0.25) is 6.10 Å². The van der Waals surface area contributed by atoms with E-state index in [9.17, 15) is 19.2 Å². The zero-order valence-electron chi connectivity index (χ0n) is 26.6. The van der Waals surface area contributed by atoms with Crippen molar-refractivity contribution in [1.29, 1.82) is 0 Å². The number of fused-ring (bicyclic) bond motifs is 7. The molecule has 1 aliphatic heterocycles. The fourth-order valence-corrected chi connectivity index (χ4v) is 6.41. The minimum absolute atomic E-state index is 0.198. The first-order valence-corrected chi connectivity index (χ1v) is 15.7. The van der Waals surface area contributed by atoms with Gasteiger partial charge in [-0.1, -0.05) is 72.7 Å². The second kappa shape index (κ2) is 13.2. The first-order valence-electron chi connectivity index (χ1n) is 15.7. The molecular weight excluding hydrogens is 625 g/mol. The molecule has 2 atom stereocenters. The van der Waals surface area contributed by atoms with Gasteiger partial charge < -0.3 is 23.5 Å². The highest BCUT2D eigenvalue weighted by Crippen LogP contribution is 2.37. The number of carbonyl (C=O) groups excluding carboxylic acids is 3. The number of nitrogens with zero attached hydrogens (tertiary/aromatic N) is 3. The van der Waals surface area contributed by atoms with Crippen LogP contribution in [0.15, 0.2) is 88.8 Å². The summed E-state index contributed by atoms with van der Waals surface area (Å²) in [6, 6.07) is 24.8. The monoisotopic (exact) mass is 654 g/mol. The third kappa shape index (κ3) is 5.75. The SMILES string of the molecule is CC[C@H](OC(=O)C(C)ON=C1c2ccccc2-c2ccccc21)c1cc2n(c(=O)c1COC=O)Cc1cc3cc([B]OC=O)ccc3nc1-2. The van der Waals surface area contributed by atoms with E-state index in [1.165, 1.54) is 7.48 Å². The van der Waals surface area contributed by atoms with E-state index in [0.29, 0.717) is 46.5 Å². The van der Waals surface area contributed by atoms with Crippen LogP contribution in [-0.2, 0) is 46.5 Å². The maximum atomic E-state index is 13.9. The highest BCUT2D eigenvalue weighted by Gasteiger charge is 2.31. The average molecular weight is 654 g/mol. The number of hydrogen-bond acceptors (Lipinski definition) is 10. The van der Waals surface area contributed by atoms with E-state index in [2.05, 4.69) is 5.16 Å². The van der Waals surface area contributed by atoms with Crippen LogP contribution in [-0.4, -0.2) is 47.8 Å². The number of hydrogen-bond donors (Lipinski definition) is 0. The zero-order chi connectivity index (χ0) is 34.1. The van der Waals surface area contributed by atoms with E-state index in [1.807, 2.05) is 67.6 Å². The number of aromatic nitrogens is 2. The molecule has 1 aliphatic carbocycles. The molecule has 0 spiro atoms. The van der Waals surface area contributed by atoms with Gasteiger partial charge in [0.1, 0.15) is 18.4 Å². The molecule has 0 fully saturated rings. The third-order valence-electron chi connectivity index (χ3n) is 8.74. The third-order valence-corrected chi connectivity index (χ3v) is 8.74. The molecule has 0 saturated heterocycles. The predicted octanol–water partition coefficient (Wildman–Crippen LogP) is 4.35. The molecule has 243 valence electrons. The number of ether oxygens (including phenoxy) is 2. The van der Waals surface area contributed by atoms with Gasteiger partial charge in [0, 0.05) is 27.6 Å². The largest absolute Gasteiger partial charge is 0.535 e. The zero-order valence-corrected chi connectivity index (χ0v) is 26.6. The number of esters is 1. The number of benzene rings is 3. The van der Waals surface area contributed by atoms with Crippen LogP contribution in [0.1, 0.15) is 54.2 Å². The number of rotatable bonds is 12. The lowest BCUT2D eigenvalue weighted by Crippen LogP contribution is -2.29. The lowest BCUT2D eigenvalue weighted by molar-refractivity contribution is -0.162. The molecule has 3 heterocycles. The van der Waals surface area contributed by atoms with Gasteiger partial charge >= 0.3 is 13.5 Å². The highest BCUT2D eigenvalue weighted by atomic mass is 16.7. The van der Waals surface area contributed by atoms with Crippen molar-refractivity contribution < 1.29 is 33.3 Å². The van der Waals surface area contributed by atoms with E-state index in [-0.39, 0.29) is 30.7 Å². The summed E-state index contributed by atoms with van der Waals surface area (Å²) >= 11 is 0. The predicted molar refractivity (Wildman–Crippen MR) is 181 cm³/mol. The van der Waals surface area contributed by atoms with Gasteiger partial charge in [-0.15, -0.1) is 0 Å². The standard InChI is InChI=1S/C37H29BN3O8/c1-3-33(48-37(45)21(2)49-40-35-27-10-6-4-8-25(27)26-9-5-7-11-28(26)35)29-16-32-34-23(17-41(32)36(44)30(29)18-46-19-42)14-22-15-24(38-47-20-43)12-13-31(22)39-34/h4-16,19-21,33H,3,17-18H2,1-2H3/t21?,33-/m0/s1. The number of oxime groups is 1. The van der Waals surface area contributed by atoms with Crippen LogP contribution in [0.2, 0.25) is 0 Å². The topological polar surface area (TPSA) is 135 Å². The normalized spacial score (nSPS) is 13.3. The molecule has 0 bridgehead atoms. The van der Waals surface area contributed by atoms with E-state index in [0.717, 1.165) is 33.2 Å². The van der Waals surface area contributed by atoms with Gasteiger partial charge in [-0.3, -0.25) is 14.4 Å². The molecule has 5 aromatic rings. The number of carbonyl (C=O) groups is 3. The second-order valence-electron chi connectivity index (χ2n) is 11.7. The van der Waals surface area contributed by atoms with Gasteiger partial charge in [-0.2, -0.15) is 0 Å². The Bertz CT molecular complexity index is 2180. The minimum atomic E-state index is -1.07. The summed E-state index contributed by atoms with van der Waals surface area (Å²) in [6.07, 6.45) is -1.60. The highest BCUT2D eigenvalue weighted by molar-refractivity contribution is 6.48. The molecule has 2 aromatic heterocycles. The summed E-state index contributed by atoms with van der Waals surface area (Å²) in [4.78, 5) is 59.7. The van der Waals surface area contributed by atoms with Crippen molar-refractivity contribution in [3.63, 3.8) is 0 Å². The Labute approximate surface area is 281 Å². The van der Waals surface area contributed by atoms with Gasteiger partial charge in [-0.05, 0) is 48.1 Å². The molecule has 7 rings (SSSR count). The lowest BCUT2D eigenvalue weighted by Gasteiger charge is -2.22. The van der Waals surface area contributed by atoms with Crippen molar-refractivity contribution in [2.24, 2.45) is 5.16 Å². The minimum Gasteiger partial charge on any atom is -0.535 e. The maximum Gasteiger partial charge on any atom is 0.412 e. The second-order valence-corrected chi connectivity index (χ2v) is 11.7. The molecule has 1 radical (unpaired) electrons. The van der Waals surface area contributed by atoms with Crippen LogP contribution in [0, 0.1) is 0 Å². The van der Waals surface area contributed by atoms with Crippen molar-refractivity contribution in [2.75, 3.05) is 0 Å². The molecule has 0 amide bonds. The quantitative estimate of drug-likeness (QED) is 0.0816. The fourth-order valence-electron chi connectivity index (χ4n) is 6.41. The van der Waals surface area contributed by atoms with Crippen LogP contribution in [0.3, 0.4) is 0 Å². The van der Waals surface area contributed by atoms with Gasteiger partial charge in [-0.25, -0.2) is 9.78 Å². The molecule has 0 saturated carbocycles. The molecule has 3 aromatic carbocycles. The molecule has 11 nitrogen and oxygen atoms in total. The van der Waals surface area contributed by atoms with Crippen LogP contribution in [0.5, 0.6) is 0 Å². The summed E-state index contributed by atoms with van der Waals surface area (Å²) in [5.41, 5.74) is 8.06. The Morgan fingerprint density at radius 2 is 1.69 bits per heavy atom. The van der Waals surface area contributed by atoms with Crippen LogP contribution >= 0.6 is 0 Å². The van der Waals surface area contributed by atoms with Crippen LogP contribution in [0.25, 0.3) is 33.4 Å². The number of pyridine rings is 2. The van der Waals surface area contributed by atoms with Crippen LogP contribution < -0.4 is 11.0 Å². The van der Waals surface area contributed by atoms with Crippen molar-refractivity contribution >= 4 is 48.5 Å². The van der Waals surface area contributed by atoms with E-state index in [4.69, 9.17) is 23.9 Å². The summed E-state index contributed by atoms with van der Waals surface area (Å²) in [6.45, 7) is 3.94. The average Bonchev–Trinajstić information content (AvgIpc) is 3.65.